The summed E-state index contributed by atoms with van der Waals surface area (Å²) in [5.41, 5.74) is 0. The second kappa shape index (κ2) is 5.47. The summed E-state index contributed by atoms with van der Waals surface area (Å²) in [6.07, 6.45) is 5.67. The van der Waals surface area contributed by atoms with E-state index in [0.717, 1.165) is 26.2 Å². The first-order valence-electron chi connectivity index (χ1n) is 5.99. The van der Waals surface area contributed by atoms with Gasteiger partial charge < -0.3 is 14.9 Å². The molecule has 0 amide bonds. The molecule has 2 aliphatic rings. The van der Waals surface area contributed by atoms with Crippen LogP contribution in [0.1, 0.15) is 19.3 Å². The van der Waals surface area contributed by atoms with E-state index in [-0.39, 0.29) is 6.61 Å². The fourth-order valence-corrected chi connectivity index (χ4v) is 2.46. The summed E-state index contributed by atoms with van der Waals surface area (Å²) in [5, 5.41) is 8.86. The summed E-state index contributed by atoms with van der Waals surface area (Å²) in [6.45, 7) is 5.54. The van der Waals surface area contributed by atoms with Gasteiger partial charge in [0.1, 0.15) is 0 Å². The van der Waals surface area contributed by atoms with Crippen LogP contribution in [0.4, 0.5) is 0 Å². The van der Waals surface area contributed by atoms with Crippen LogP contribution in [-0.2, 0) is 0 Å². The van der Waals surface area contributed by atoms with E-state index in [1.165, 1.54) is 25.8 Å². The molecular weight excluding hydrogens is 190 g/mol. The molecule has 0 atom stereocenters. The summed E-state index contributed by atoms with van der Waals surface area (Å²) in [5.74, 6) is 0. The molecule has 0 saturated carbocycles. The number of aliphatic hydroxyl groups excluding tert-OH is 1. The summed E-state index contributed by atoms with van der Waals surface area (Å²) < 4.78 is 0. The highest BCUT2D eigenvalue weighted by atomic mass is 16.3. The van der Waals surface area contributed by atoms with Crippen LogP contribution in [0.5, 0.6) is 0 Å². The van der Waals surface area contributed by atoms with Gasteiger partial charge in [-0.05, 0) is 19.3 Å². The van der Waals surface area contributed by atoms with Gasteiger partial charge >= 0.3 is 0 Å². The average molecular weight is 211 g/mol. The molecule has 0 bridgehead atoms. The molecule has 1 saturated heterocycles. The number of rotatable bonds is 3. The molecule has 86 valence electrons. The van der Waals surface area contributed by atoms with Crippen molar-refractivity contribution in [3.8, 4) is 0 Å². The quantitative estimate of drug-likeness (QED) is 0.723. The van der Waals surface area contributed by atoms with E-state index in [1.54, 1.807) is 0 Å². The van der Waals surface area contributed by atoms with Crippen LogP contribution in [0.3, 0.4) is 0 Å². The average Bonchev–Trinajstić information content (AvgIpc) is 2.32. The van der Waals surface area contributed by atoms with Gasteiger partial charge in [-0.2, -0.15) is 0 Å². The van der Waals surface area contributed by atoms with E-state index in [9.17, 15) is 0 Å². The van der Waals surface area contributed by atoms with Crippen molar-refractivity contribution in [1.82, 2.24) is 9.80 Å². The molecule has 0 spiro atoms. The first-order chi connectivity index (χ1) is 7.40. The fraction of sp³-hybridized carbons (Fsp3) is 0.909. The van der Waals surface area contributed by atoms with Gasteiger partial charge in [0, 0.05) is 38.8 Å². The molecule has 2 heterocycles. The number of likely N-dealkylation sites (tertiary alicyclic amines) is 1. The van der Waals surface area contributed by atoms with Gasteiger partial charge in [-0.15, -0.1) is 0 Å². The zero-order valence-corrected chi connectivity index (χ0v) is 9.31. The molecule has 0 aliphatic carbocycles. The van der Waals surface area contributed by atoms with Gasteiger partial charge in [-0.25, -0.2) is 0 Å². The number of aliphatic hydroxyl groups is 1. The number of piperidine rings is 1. The molecule has 4 nitrogen and oxygen atoms in total. The summed E-state index contributed by atoms with van der Waals surface area (Å²) >= 11 is 0. The Hall–Kier alpha value is -0.610. The van der Waals surface area contributed by atoms with Crippen molar-refractivity contribution < 1.29 is 5.11 Å². The molecule has 15 heavy (non-hydrogen) atoms. The number of nitrogens with zero attached hydrogens (tertiary/aromatic N) is 3. The highest BCUT2D eigenvalue weighted by Gasteiger charge is 2.23. The summed E-state index contributed by atoms with van der Waals surface area (Å²) in [6, 6.07) is 0.684. The predicted octanol–water partition coefficient (Wildman–Crippen LogP) is 0.177. The highest BCUT2D eigenvalue weighted by molar-refractivity contribution is 5.56. The van der Waals surface area contributed by atoms with Crippen molar-refractivity contribution in [3.63, 3.8) is 0 Å². The Balaban J connectivity index is 1.77. The monoisotopic (exact) mass is 211 g/mol. The van der Waals surface area contributed by atoms with Gasteiger partial charge in [0.05, 0.1) is 12.9 Å². The lowest BCUT2D eigenvalue weighted by Crippen LogP contribution is -2.46. The minimum atomic E-state index is 0.288. The van der Waals surface area contributed by atoms with E-state index in [4.69, 9.17) is 5.11 Å². The van der Waals surface area contributed by atoms with Crippen molar-refractivity contribution in [1.29, 1.82) is 0 Å². The van der Waals surface area contributed by atoms with Crippen LogP contribution < -0.4 is 0 Å². The first-order valence-corrected chi connectivity index (χ1v) is 5.99. The normalized spacial score (nSPS) is 24.7. The van der Waals surface area contributed by atoms with Gasteiger partial charge in [-0.1, -0.05) is 0 Å². The maximum absolute atomic E-state index is 8.86. The predicted molar refractivity (Wildman–Crippen MR) is 61.2 cm³/mol. The maximum atomic E-state index is 8.86. The van der Waals surface area contributed by atoms with E-state index < -0.39 is 0 Å². The third-order valence-electron chi connectivity index (χ3n) is 3.38. The van der Waals surface area contributed by atoms with Crippen molar-refractivity contribution >= 4 is 6.34 Å². The van der Waals surface area contributed by atoms with E-state index in [0.29, 0.717) is 6.04 Å². The maximum Gasteiger partial charge on any atom is 0.0852 e. The minimum Gasteiger partial charge on any atom is -0.395 e. The number of hydrogen-bond donors (Lipinski definition) is 1. The van der Waals surface area contributed by atoms with Crippen molar-refractivity contribution in [2.45, 2.75) is 25.3 Å². The molecular formula is C11H21N3O. The Kier molecular flexibility index (Phi) is 3.97. The highest BCUT2D eigenvalue weighted by Crippen LogP contribution is 2.16. The van der Waals surface area contributed by atoms with Crippen molar-refractivity contribution in [3.05, 3.63) is 0 Å². The van der Waals surface area contributed by atoms with Gasteiger partial charge in [0.2, 0.25) is 0 Å². The summed E-state index contributed by atoms with van der Waals surface area (Å²) in [4.78, 5) is 9.08. The Bertz CT molecular complexity index is 212. The minimum absolute atomic E-state index is 0.288. The zero-order valence-electron chi connectivity index (χ0n) is 9.31. The third-order valence-corrected chi connectivity index (χ3v) is 3.38. The van der Waals surface area contributed by atoms with Crippen LogP contribution in [0, 0.1) is 0 Å². The molecule has 0 radical (unpaired) electrons. The second-order valence-corrected chi connectivity index (χ2v) is 4.41. The zero-order chi connectivity index (χ0) is 10.5. The van der Waals surface area contributed by atoms with Crippen LogP contribution in [0.15, 0.2) is 4.99 Å². The smallest absolute Gasteiger partial charge is 0.0852 e. The lowest BCUT2D eigenvalue weighted by atomic mass is 10.0. The Morgan fingerprint density at radius 3 is 2.67 bits per heavy atom. The first kappa shape index (κ1) is 10.9. The fourth-order valence-electron chi connectivity index (χ4n) is 2.46. The second-order valence-electron chi connectivity index (χ2n) is 4.41. The number of hydrogen-bond acceptors (Lipinski definition) is 4. The van der Waals surface area contributed by atoms with Crippen LogP contribution in [-0.4, -0.2) is 66.6 Å². The van der Waals surface area contributed by atoms with Crippen LogP contribution in [0.25, 0.3) is 0 Å². The lowest BCUT2D eigenvalue weighted by molar-refractivity contribution is 0.129. The Labute approximate surface area is 91.6 Å². The van der Waals surface area contributed by atoms with Crippen molar-refractivity contribution in [2.75, 3.05) is 39.3 Å². The SMILES string of the molecule is OCCN1CCC(N2C=NCCC2)CC1. The lowest BCUT2D eigenvalue weighted by Gasteiger charge is -2.38. The van der Waals surface area contributed by atoms with Gasteiger partial charge in [0.25, 0.3) is 0 Å². The Morgan fingerprint density at radius 2 is 2.07 bits per heavy atom. The molecule has 0 aromatic rings. The molecule has 1 fully saturated rings. The van der Waals surface area contributed by atoms with E-state index in [2.05, 4.69) is 14.8 Å². The Morgan fingerprint density at radius 1 is 1.27 bits per heavy atom. The van der Waals surface area contributed by atoms with Crippen LogP contribution >= 0.6 is 0 Å². The summed E-state index contributed by atoms with van der Waals surface area (Å²) in [7, 11) is 0. The molecule has 0 aromatic heterocycles. The van der Waals surface area contributed by atoms with E-state index >= 15 is 0 Å². The van der Waals surface area contributed by atoms with Crippen LogP contribution in [0.2, 0.25) is 0 Å². The molecule has 1 N–H and O–H groups in total. The topological polar surface area (TPSA) is 39.1 Å². The van der Waals surface area contributed by atoms with E-state index in [1.807, 2.05) is 6.34 Å². The molecule has 2 rings (SSSR count). The standard InChI is InChI=1S/C11H21N3O/c15-9-8-13-6-2-11(3-7-13)14-5-1-4-12-10-14/h10-11,15H,1-9H2. The molecule has 0 aromatic carbocycles. The van der Waals surface area contributed by atoms with Crippen molar-refractivity contribution in [2.24, 2.45) is 4.99 Å². The number of β-amino-alcohol motifs (C(OH)–C–C–N with tert-alkyl or cyclic N) is 1. The van der Waals surface area contributed by atoms with Gasteiger partial charge in [0.15, 0.2) is 0 Å². The molecule has 2 aliphatic heterocycles. The van der Waals surface area contributed by atoms with Gasteiger partial charge in [-0.3, -0.25) is 4.99 Å². The number of aliphatic imine (C=N–C) groups is 1. The largest absolute Gasteiger partial charge is 0.395 e. The molecule has 0 unspecified atom stereocenters. The third kappa shape index (κ3) is 2.92. The molecule has 4 heteroatoms.